The molecule has 5 aliphatic heterocycles. The normalized spacial score (nSPS) is 22.8. The minimum atomic E-state index is -0.793. The SMILES string of the molecule is C=C1CCC(N2C(=O)c3ccc(N4CCC(CN5CCC(CN6CCN(c7cc(-c8n[nH]c9ccc(OC(C)C)cc89)ncn7)C[C@@H]6C)CC5)CC4)cc3C2=O)C(=O)N1. The Morgan fingerprint density at radius 1 is 0.831 bits per heavy atom. The number of aromatic nitrogens is 4. The molecule has 310 valence electrons. The van der Waals surface area contributed by atoms with E-state index < -0.39 is 6.04 Å². The summed E-state index contributed by atoms with van der Waals surface area (Å²) in [5.41, 5.74) is 4.94. The first kappa shape index (κ1) is 39.1. The van der Waals surface area contributed by atoms with Crippen molar-refractivity contribution in [2.24, 2.45) is 11.8 Å². The molecular weight excluding hydrogens is 745 g/mol. The third-order valence-corrected chi connectivity index (χ3v) is 13.1. The maximum Gasteiger partial charge on any atom is 0.262 e. The number of nitrogens with one attached hydrogen (secondary N) is 2. The number of H-pyrrole nitrogens is 1. The van der Waals surface area contributed by atoms with Gasteiger partial charge in [-0.3, -0.25) is 29.3 Å². The van der Waals surface area contributed by atoms with Crippen LogP contribution in [0.25, 0.3) is 22.3 Å². The lowest BCUT2D eigenvalue weighted by Gasteiger charge is -2.43. The second kappa shape index (κ2) is 16.4. The summed E-state index contributed by atoms with van der Waals surface area (Å²) in [5.74, 6) is 2.02. The van der Waals surface area contributed by atoms with Crippen LogP contribution in [0.2, 0.25) is 0 Å². The van der Waals surface area contributed by atoms with Gasteiger partial charge in [-0.25, -0.2) is 9.97 Å². The van der Waals surface area contributed by atoms with Gasteiger partial charge in [-0.05, 0) is 121 Å². The maximum atomic E-state index is 13.4. The molecule has 1 unspecified atom stereocenters. The van der Waals surface area contributed by atoms with E-state index in [0.29, 0.717) is 47.5 Å². The van der Waals surface area contributed by atoms with Crippen molar-refractivity contribution in [1.29, 1.82) is 0 Å². The molecule has 0 bridgehead atoms. The molecule has 2 N–H and O–H groups in total. The molecule has 5 aliphatic rings. The van der Waals surface area contributed by atoms with Crippen molar-refractivity contribution in [2.45, 2.75) is 77.5 Å². The zero-order valence-corrected chi connectivity index (χ0v) is 34.5. The van der Waals surface area contributed by atoms with Crippen LogP contribution >= 0.6 is 0 Å². The largest absolute Gasteiger partial charge is 0.491 e. The number of anilines is 2. The summed E-state index contributed by atoms with van der Waals surface area (Å²) >= 11 is 0. The highest BCUT2D eigenvalue weighted by Gasteiger charge is 2.44. The van der Waals surface area contributed by atoms with E-state index in [-0.39, 0.29) is 23.8 Å². The van der Waals surface area contributed by atoms with E-state index in [1.807, 2.05) is 44.2 Å². The van der Waals surface area contributed by atoms with E-state index in [2.05, 4.69) is 64.7 Å². The minimum Gasteiger partial charge on any atom is -0.491 e. The summed E-state index contributed by atoms with van der Waals surface area (Å²) < 4.78 is 5.95. The van der Waals surface area contributed by atoms with Gasteiger partial charge in [0.05, 0.1) is 28.4 Å². The molecule has 0 saturated carbocycles. The smallest absolute Gasteiger partial charge is 0.262 e. The van der Waals surface area contributed by atoms with Crippen LogP contribution < -0.4 is 19.9 Å². The number of benzene rings is 2. The molecule has 2 aromatic carbocycles. The fourth-order valence-corrected chi connectivity index (χ4v) is 9.82. The molecule has 2 aromatic heterocycles. The van der Waals surface area contributed by atoms with Crippen LogP contribution in [0.1, 0.15) is 80.0 Å². The summed E-state index contributed by atoms with van der Waals surface area (Å²) in [4.78, 5) is 59.8. The van der Waals surface area contributed by atoms with Gasteiger partial charge in [0.15, 0.2) is 0 Å². The van der Waals surface area contributed by atoms with Crippen molar-refractivity contribution in [3.05, 3.63) is 72.2 Å². The molecule has 4 saturated heterocycles. The quantitative estimate of drug-likeness (QED) is 0.201. The van der Waals surface area contributed by atoms with Crippen molar-refractivity contribution in [3.63, 3.8) is 0 Å². The van der Waals surface area contributed by atoms with Crippen LogP contribution in [0.5, 0.6) is 5.75 Å². The van der Waals surface area contributed by atoms with E-state index >= 15 is 0 Å². The molecule has 14 nitrogen and oxygen atoms in total. The highest BCUT2D eigenvalue weighted by molar-refractivity contribution is 6.23. The van der Waals surface area contributed by atoms with Crippen LogP contribution in [0, 0.1) is 11.8 Å². The number of fused-ring (bicyclic) bond motifs is 2. The molecule has 59 heavy (non-hydrogen) atoms. The summed E-state index contributed by atoms with van der Waals surface area (Å²) in [7, 11) is 0. The highest BCUT2D eigenvalue weighted by Crippen LogP contribution is 2.34. The average Bonchev–Trinajstić information content (AvgIpc) is 3.76. The first-order valence-corrected chi connectivity index (χ1v) is 21.5. The van der Waals surface area contributed by atoms with E-state index in [1.165, 1.54) is 12.8 Å². The number of likely N-dealkylation sites (tertiary alicyclic amines) is 1. The standard InChI is InChI=1S/C45H56N10O4/c1-28(2)59-34-7-9-38-37(22-34)42(50-49-38)39-23-41(47-27-46-39)54-20-19-53(30(4)24-54)26-32-11-15-51(16-12-32)25-31-13-17-52(18-14-31)33-6-8-35-36(21-33)45(58)55(44(35)57)40-10-5-29(3)48-43(40)56/h6-9,21-23,27-28,30-32,40H,3,5,10-20,24-26H2,1-2,4H3,(H,48,56)(H,49,50)/t30-,40?/m0/s1. The van der Waals surface area contributed by atoms with E-state index in [9.17, 15) is 14.4 Å². The van der Waals surface area contributed by atoms with Gasteiger partial charge in [-0.15, -0.1) is 0 Å². The first-order chi connectivity index (χ1) is 28.6. The van der Waals surface area contributed by atoms with Crippen molar-refractivity contribution in [2.75, 3.05) is 68.7 Å². The second-order valence-corrected chi connectivity index (χ2v) is 17.5. The summed E-state index contributed by atoms with van der Waals surface area (Å²) in [6, 6.07) is 13.3. The maximum absolute atomic E-state index is 13.4. The molecular formula is C45H56N10O4. The lowest BCUT2D eigenvalue weighted by Crippen LogP contribution is -2.54. The number of aromatic amines is 1. The lowest BCUT2D eigenvalue weighted by molar-refractivity contribution is -0.125. The predicted octanol–water partition coefficient (Wildman–Crippen LogP) is 5.33. The number of imide groups is 1. The number of carbonyl (C=O) groups is 3. The third-order valence-electron chi connectivity index (χ3n) is 13.1. The third kappa shape index (κ3) is 8.04. The summed E-state index contributed by atoms with van der Waals surface area (Å²) in [5, 5.41) is 11.5. The van der Waals surface area contributed by atoms with Crippen LogP contribution in [0.15, 0.2) is 61.1 Å². The van der Waals surface area contributed by atoms with Crippen molar-refractivity contribution >= 4 is 40.1 Å². The Hall–Kier alpha value is -5.34. The molecule has 2 atom stereocenters. The number of nitrogens with zero attached hydrogens (tertiary/aromatic N) is 8. The van der Waals surface area contributed by atoms with Gasteiger partial charge < -0.3 is 24.8 Å². The summed E-state index contributed by atoms with van der Waals surface area (Å²) in [6.07, 6.45) is 7.38. The molecule has 4 aromatic rings. The predicted molar refractivity (Wildman–Crippen MR) is 227 cm³/mol. The van der Waals surface area contributed by atoms with Crippen LogP contribution in [-0.2, 0) is 4.79 Å². The van der Waals surface area contributed by atoms with Gasteiger partial charge in [-0.2, -0.15) is 5.10 Å². The summed E-state index contributed by atoms with van der Waals surface area (Å²) in [6.45, 7) is 19.5. The number of carbonyl (C=O) groups excluding carboxylic acids is 3. The second-order valence-electron chi connectivity index (χ2n) is 17.5. The van der Waals surface area contributed by atoms with E-state index in [0.717, 1.165) is 116 Å². The number of amides is 3. The molecule has 0 spiro atoms. The first-order valence-electron chi connectivity index (χ1n) is 21.5. The number of piperidine rings is 3. The van der Waals surface area contributed by atoms with E-state index in [4.69, 9.17) is 4.74 Å². The van der Waals surface area contributed by atoms with Gasteiger partial charge in [-0.1, -0.05) is 6.58 Å². The Labute approximate surface area is 346 Å². The zero-order valence-electron chi connectivity index (χ0n) is 34.5. The number of hydrogen-bond donors (Lipinski definition) is 2. The van der Waals surface area contributed by atoms with Crippen LogP contribution in [0.4, 0.5) is 11.5 Å². The Balaban J connectivity index is 0.726. The Morgan fingerprint density at radius 2 is 1.59 bits per heavy atom. The average molecular weight is 801 g/mol. The number of allylic oxidation sites excluding steroid dienone is 1. The van der Waals surface area contributed by atoms with Crippen LogP contribution in [0.3, 0.4) is 0 Å². The molecule has 14 heteroatoms. The van der Waals surface area contributed by atoms with Gasteiger partial charge in [0.2, 0.25) is 5.91 Å². The van der Waals surface area contributed by atoms with Gasteiger partial charge in [0, 0.05) is 74.7 Å². The fraction of sp³-hybridized carbons (Fsp3) is 0.511. The highest BCUT2D eigenvalue weighted by atomic mass is 16.5. The van der Waals surface area contributed by atoms with Gasteiger partial charge >= 0.3 is 0 Å². The Bertz CT molecular complexity index is 2240. The number of piperazine rings is 1. The topological polar surface area (TPSA) is 143 Å². The monoisotopic (exact) mass is 800 g/mol. The molecule has 0 aliphatic carbocycles. The van der Waals surface area contributed by atoms with Crippen molar-refractivity contribution in [1.82, 2.24) is 40.2 Å². The lowest BCUT2D eigenvalue weighted by atomic mass is 9.92. The molecule has 9 rings (SSSR count). The Morgan fingerprint density at radius 3 is 2.36 bits per heavy atom. The van der Waals surface area contributed by atoms with Gasteiger partial charge in [0.1, 0.15) is 29.6 Å². The zero-order chi connectivity index (χ0) is 40.8. The van der Waals surface area contributed by atoms with Gasteiger partial charge in [0.25, 0.3) is 11.8 Å². The van der Waals surface area contributed by atoms with E-state index in [1.54, 1.807) is 12.4 Å². The Kier molecular flexibility index (Phi) is 10.9. The minimum absolute atomic E-state index is 0.0923. The number of ether oxygens (including phenoxy) is 1. The molecule has 7 heterocycles. The fourth-order valence-electron chi connectivity index (χ4n) is 9.82. The molecule has 0 radical (unpaired) electrons. The molecule has 3 amide bonds. The van der Waals surface area contributed by atoms with Crippen molar-refractivity contribution in [3.8, 4) is 17.1 Å². The molecule has 4 fully saturated rings. The number of rotatable bonds is 10. The van der Waals surface area contributed by atoms with Crippen LogP contribution in [-0.4, -0.2) is 130 Å². The van der Waals surface area contributed by atoms with Crippen molar-refractivity contribution < 1.29 is 19.1 Å². The number of hydrogen-bond acceptors (Lipinski definition) is 11.